The summed E-state index contributed by atoms with van der Waals surface area (Å²) in [7, 11) is 1.63. The van der Waals surface area contributed by atoms with Gasteiger partial charge in [-0.1, -0.05) is 0 Å². The largest absolute Gasteiger partial charge is 0.482 e. The van der Waals surface area contributed by atoms with Crippen LogP contribution >= 0.6 is 0 Å². The summed E-state index contributed by atoms with van der Waals surface area (Å²) in [6, 6.07) is 3.55. The van der Waals surface area contributed by atoms with Crippen molar-refractivity contribution in [1.29, 1.82) is 0 Å². The molecule has 1 aromatic heterocycles. The van der Waals surface area contributed by atoms with Crippen molar-refractivity contribution in [3.8, 4) is 5.75 Å². The van der Waals surface area contributed by atoms with Gasteiger partial charge in [-0.25, -0.2) is 0 Å². The second kappa shape index (κ2) is 6.87. The summed E-state index contributed by atoms with van der Waals surface area (Å²) in [6.45, 7) is 5.47. The smallest absolute Gasteiger partial charge is 0.260 e. The molecule has 6 nitrogen and oxygen atoms in total. The molecule has 0 radical (unpaired) electrons. The Morgan fingerprint density at radius 1 is 1.57 bits per heavy atom. The van der Waals surface area contributed by atoms with Gasteiger partial charge in [-0.05, 0) is 26.0 Å². The van der Waals surface area contributed by atoms with E-state index in [0.717, 1.165) is 0 Å². The Bertz CT molecular complexity index is 464. The normalized spacial score (nSPS) is 21.1. The third-order valence-corrected chi connectivity index (χ3v) is 3.18. The highest BCUT2D eigenvalue weighted by molar-refractivity contribution is 5.78. The average molecular weight is 294 g/mol. The summed E-state index contributed by atoms with van der Waals surface area (Å²) in [4.78, 5) is 18.0. The van der Waals surface area contributed by atoms with Gasteiger partial charge in [0.05, 0.1) is 24.5 Å². The van der Waals surface area contributed by atoms with Crippen molar-refractivity contribution >= 4 is 5.91 Å². The van der Waals surface area contributed by atoms with Crippen molar-refractivity contribution in [2.45, 2.75) is 25.6 Å². The molecule has 0 N–H and O–H groups in total. The van der Waals surface area contributed by atoms with Gasteiger partial charge in [-0.15, -0.1) is 0 Å². The van der Waals surface area contributed by atoms with E-state index in [9.17, 15) is 4.79 Å². The maximum absolute atomic E-state index is 12.3. The number of rotatable bonds is 5. The van der Waals surface area contributed by atoms with Crippen LogP contribution in [-0.4, -0.2) is 60.9 Å². The fraction of sp³-hybridized carbons (Fsp3) is 0.600. The third kappa shape index (κ3) is 4.68. The predicted molar refractivity (Wildman–Crippen MR) is 77.1 cm³/mol. The summed E-state index contributed by atoms with van der Waals surface area (Å²) in [6.07, 6.45) is 3.14. The molecule has 6 heteroatoms. The van der Waals surface area contributed by atoms with Gasteiger partial charge in [0.25, 0.3) is 5.91 Å². The Labute approximate surface area is 125 Å². The van der Waals surface area contributed by atoms with Crippen molar-refractivity contribution in [3.63, 3.8) is 0 Å². The first-order valence-corrected chi connectivity index (χ1v) is 6.97. The lowest BCUT2D eigenvalue weighted by atomic mass is 10.1. The zero-order chi connectivity index (χ0) is 15.3. The van der Waals surface area contributed by atoms with Crippen molar-refractivity contribution < 1.29 is 19.0 Å². The Kier molecular flexibility index (Phi) is 5.14. The van der Waals surface area contributed by atoms with Crippen LogP contribution in [0, 0.1) is 0 Å². The molecule has 1 atom stereocenters. The number of hydrogen-bond acceptors (Lipinski definition) is 5. The van der Waals surface area contributed by atoms with Crippen LogP contribution in [0.5, 0.6) is 5.75 Å². The number of methoxy groups -OCH3 is 1. The number of nitrogens with zero attached hydrogens (tertiary/aromatic N) is 2. The van der Waals surface area contributed by atoms with E-state index in [4.69, 9.17) is 14.2 Å². The molecular formula is C15H22N2O4. The van der Waals surface area contributed by atoms with Gasteiger partial charge in [0.15, 0.2) is 6.61 Å². The van der Waals surface area contributed by atoms with Crippen LogP contribution in [0.1, 0.15) is 13.8 Å². The number of morpholine rings is 1. The van der Waals surface area contributed by atoms with Crippen LogP contribution in [-0.2, 0) is 14.3 Å². The van der Waals surface area contributed by atoms with Gasteiger partial charge in [0.1, 0.15) is 5.75 Å². The number of carbonyl (C=O) groups is 1. The molecule has 1 amide bonds. The second-order valence-electron chi connectivity index (χ2n) is 5.71. The molecule has 1 aliphatic rings. The van der Waals surface area contributed by atoms with Gasteiger partial charge in [0.2, 0.25) is 0 Å². The Balaban J connectivity index is 1.91. The molecule has 21 heavy (non-hydrogen) atoms. The minimum absolute atomic E-state index is 0.00146. The molecular weight excluding hydrogens is 272 g/mol. The van der Waals surface area contributed by atoms with Crippen LogP contribution in [0.15, 0.2) is 24.5 Å². The van der Waals surface area contributed by atoms with Gasteiger partial charge in [0, 0.05) is 26.4 Å². The number of amides is 1. The first kappa shape index (κ1) is 15.7. The van der Waals surface area contributed by atoms with Crippen LogP contribution in [0.4, 0.5) is 0 Å². The number of pyridine rings is 1. The first-order valence-electron chi connectivity index (χ1n) is 6.97. The SMILES string of the molecule is COC[C@H]1CN(C(=O)COc2cccnc2)CC(C)(C)O1. The fourth-order valence-corrected chi connectivity index (χ4v) is 2.43. The molecule has 1 fully saturated rings. The third-order valence-electron chi connectivity index (χ3n) is 3.18. The Morgan fingerprint density at radius 2 is 2.38 bits per heavy atom. The van der Waals surface area contributed by atoms with Crippen LogP contribution in [0.3, 0.4) is 0 Å². The van der Waals surface area contributed by atoms with Crippen LogP contribution in [0.2, 0.25) is 0 Å². The average Bonchev–Trinajstić information content (AvgIpc) is 2.44. The Morgan fingerprint density at radius 3 is 3.05 bits per heavy atom. The van der Waals surface area contributed by atoms with Crippen molar-refractivity contribution in [3.05, 3.63) is 24.5 Å². The van der Waals surface area contributed by atoms with E-state index >= 15 is 0 Å². The molecule has 1 aromatic rings. The minimum atomic E-state index is -0.384. The summed E-state index contributed by atoms with van der Waals surface area (Å²) >= 11 is 0. The number of hydrogen-bond donors (Lipinski definition) is 0. The highest BCUT2D eigenvalue weighted by atomic mass is 16.5. The lowest BCUT2D eigenvalue weighted by Crippen LogP contribution is -2.56. The molecule has 0 spiro atoms. The first-order chi connectivity index (χ1) is 10.00. The summed E-state index contributed by atoms with van der Waals surface area (Å²) < 4.78 is 16.5. The molecule has 116 valence electrons. The maximum Gasteiger partial charge on any atom is 0.260 e. The van der Waals surface area contributed by atoms with Crippen LogP contribution in [0.25, 0.3) is 0 Å². The summed E-state index contributed by atoms with van der Waals surface area (Å²) in [5.74, 6) is 0.531. The van der Waals surface area contributed by atoms with Crippen molar-refractivity contribution in [1.82, 2.24) is 9.88 Å². The summed E-state index contributed by atoms with van der Waals surface area (Å²) in [5, 5.41) is 0. The number of aromatic nitrogens is 1. The quantitative estimate of drug-likeness (QED) is 0.814. The number of ether oxygens (including phenoxy) is 3. The number of carbonyl (C=O) groups excluding carboxylic acids is 1. The molecule has 0 bridgehead atoms. The highest BCUT2D eigenvalue weighted by Gasteiger charge is 2.35. The van der Waals surface area contributed by atoms with Gasteiger partial charge < -0.3 is 19.1 Å². The fourth-order valence-electron chi connectivity index (χ4n) is 2.43. The molecule has 1 saturated heterocycles. The second-order valence-corrected chi connectivity index (χ2v) is 5.71. The van der Waals surface area contributed by atoms with Crippen molar-refractivity contribution in [2.24, 2.45) is 0 Å². The maximum atomic E-state index is 12.3. The van der Waals surface area contributed by atoms with E-state index in [-0.39, 0.29) is 24.2 Å². The molecule has 0 aromatic carbocycles. The molecule has 2 rings (SSSR count). The van der Waals surface area contributed by atoms with E-state index in [1.807, 2.05) is 13.8 Å². The lowest BCUT2D eigenvalue weighted by molar-refractivity contribution is -0.170. The predicted octanol–water partition coefficient (Wildman–Crippen LogP) is 1.11. The molecule has 0 unspecified atom stereocenters. The molecule has 0 saturated carbocycles. The van der Waals surface area contributed by atoms with E-state index in [0.29, 0.717) is 25.4 Å². The van der Waals surface area contributed by atoms with Crippen LogP contribution < -0.4 is 4.74 Å². The minimum Gasteiger partial charge on any atom is -0.482 e. The molecule has 1 aliphatic heterocycles. The zero-order valence-corrected chi connectivity index (χ0v) is 12.7. The van der Waals surface area contributed by atoms with Gasteiger partial charge >= 0.3 is 0 Å². The molecule has 0 aliphatic carbocycles. The summed E-state index contributed by atoms with van der Waals surface area (Å²) in [5.41, 5.74) is -0.384. The Hall–Kier alpha value is -1.66. The monoisotopic (exact) mass is 294 g/mol. The van der Waals surface area contributed by atoms with E-state index < -0.39 is 0 Å². The standard InChI is InChI=1S/C15H22N2O4/c1-15(2)11-17(8-13(21-15)9-19-3)14(18)10-20-12-5-4-6-16-7-12/h4-7,13H,8-11H2,1-3H3/t13-/m1/s1. The van der Waals surface area contributed by atoms with Gasteiger partial charge in [-0.3, -0.25) is 9.78 Å². The topological polar surface area (TPSA) is 60.9 Å². The highest BCUT2D eigenvalue weighted by Crippen LogP contribution is 2.21. The zero-order valence-electron chi connectivity index (χ0n) is 12.7. The van der Waals surface area contributed by atoms with E-state index in [2.05, 4.69) is 4.98 Å². The lowest BCUT2D eigenvalue weighted by Gasteiger charge is -2.42. The van der Waals surface area contributed by atoms with E-state index in [1.165, 1.54) is 0 Å². The van der Waals surface area contributed by atoms with Gasteiger partial charge in [-0.2, -0.15) is 0 Å². The van der Waals surface area contributed by atoms with E-state index in [1.54, 1.807) is 36.5 Å². The van der Waals surface area contributed by atoms with Crippen molar-refractivity contribution in [2.75, 3.05) is 33.4 Å². The molecule has 2 heterocycles.